The second kappa shape index (κ2) is 4.57. The zero-order valence-corrected chi connectivity index (χ0v) is 9.92. The predicted molar refractivity (Wildman–Crippen MR) is 63.2 cm³/mol. The molecule has 2 aromatic rings. The zero-order valence-electron chi connectivity index (χ0n) is 9.92. The smallest absolute Gasteiger partial charge is 0.416 e. The molecule has 0 aliphatic carbocycles. The fraction of sp³-hybridized carbons (Fsp3) is 0.143. The van der Waals surface area contributed by atoms with Gasteiger partial charge >= 0.3 is 6.18 Å². The molecule has 0 atom stereocenters. The number of phenols is 1. The van der Waals surface area contributed by atoms with Crippen LogP contribution >= 0.6 is 0 Å². The molecule has 0 aromatic heterocycles. The zero-order chi connectivity index (χ0) is 14.2. The van der Waals surface area contributed by atoms with Gasteiger partial charge < -0.3 is 5.11 Å². The van der Waals surface area contributed by atoms with Crippen molar-refractivity contribution in [3.8, 4) is 16.9 Å². The van der Waals surface area contributed by atoms with Gasteiger partial charge in [0.1, 0.15) is 11.6 Å². The van der Waals surface area contributed by atoms with Crippen molar-refractivity contribution in [3.05, 3.63) is 53.3 Å². The third kappa shape index (κ3) is 2.70. The van der Waals surface area contributed by atoms with Crippen LogP contribution in [0.15, 0.2) is 36.4 Å². The van der Waals surface area contributed by atoms with E-state index in [2.05, 4.69) is 0 Å². The third-order valence-corrected chi connectivity index (χ3v) is 2.80. The van der Waals surface area contributed by atoms with E-state index in [9.17, 15) is 17.6 Å². The Morgan fingerprint density at radius 2 is 1.58 bits per heavy atom. The highest BCUT2D eigenvalue weighted by Crippen LogP contribution is 2.34. The van der Waals surface area contributed by atoms with E-state index in [4.69, 9.17) is 5.11 Å². The maximum atomic E-state index is 13.7. The number of phenolic OH excluding ortho intramolecular Hbond substituents is 1. The summed E-state index contributed by atoms with van der Waals surface area (Å²) in [5.41, 5.74) is 0.0712. The highest BCUT2D eigenvalue weighted by atomic mass is 19.4. The molecule has 1 N–H and O–H groups in total. The monoisotopic (exact) mass is 270 g/mol. The second-order valence-corrected chi connectivity index (χ2v) is 4.19. The van der Waals surface area contributed by atoms with Gasteiger partial charge in [0.25, 0.3) is 0 Å². The predicted octanol–water partition coefficient (Wildman–Crippen LogP) is 4.53. The molecule has 0 amide bonds. The second-order valence-electron chi connectivity index (χ2n) is 4.19. The molecule has 1 nitrogen and oxygen atoms in total. The van der Waals surface area contributed by atoms with Crippen LogP contribution in [-0.2, 0) is 6.18 Å². The van der Waals surface area contributed by atoms with Crippen molar-refractivity contribution < 1.29 is 22.7 Å². The Hall–Kier alpha value is -2.04. The van der Waals surface area contributed by atoms with Crippen molar-refractivity contribution in [1.29, 1.82) is 0 Å². The quantitative estimate of drug-likeness (QED) is 0.755. The number of aryl methyl sites for hydroxylation is 1. The summed E-state index contributed by atoms with van der Waals surface area (Å²) in [4.78, 5) is 0. The summed E-state index contributed by atoms with van der Waals surface area (Å²) in [6.07, 6.45) is -4.42. The summed E-state index contributed by atoms with van der Waals surface area (Å²) in [5.74, 6) is -0.909. The van der Waals surface area contributed by atoms with Gasteiger partial charge in [-0.25, -0.2) is 4.39 Å². The Morgan fingerprint density at radius 1 is 0.947 bits per heavy atom. The summed E-state index contributed by atoms with van der Waals surface area (Å²) >= 11 is 0. The van der Waals surface area contributed by atoms with Crippen LogP contribution in [0, 0.1) is 12.7 Å². The van der Waals surface area contributed by atoms with Crippen LogP contribution in [0.4, 0.5) is 17.6 Å². The van der Waals surface area contributed by atoms with Crippen LogP contribution < -0.4 is 0 Å². The van der Waals surface area contributed by atoms with Crippen molar-refractivity contribution in [2.45, 2.75) is 13.1 Å². The average Bonchev–Trinajstić information content (AvgIpc) is 2.28. The van der Waals surface area contributed by atoms with Crippen LogP contribution in [0.1, 0.15) is 11.1 Å². The SMILES string of the molecule is Cc1cc(C(F)(F)F)ccc1-c1ccc(O)cc1F. The van der Waals surface area contributed by atoms with E-state index in [0.29, 0.717) is 11.1 Å². The van der Waals surface area contributed by atoms with Crippen LogP contribution in [0.2, 0.25) is 0 Å². The minimum absolute atomic E-state index is 0.157. The summed E-state index contributed by atoms with van der Waals surface area (Å²) in [6.45, 7) is 1.48. The van der Waals surface area contributed by atoms with Gasteiger partial charge in [-0.1, -0.05) is 6.07 Å². The summed E-state index contributed by atoms with van der Waals surface area (Å²) in [6, 6.07) is 6.66. The minimum Gasteiger partial charge on any atom is -0.508 e. The van der Waals surface area contributed by atoms with Gasteiger partial charge in [0, 0.05) is 11.6 Å². The van der Waals surface area contributed by atoms with Gasteiger partial charge in [-0.15, -0.1) is 0 Å². The Labute approximate surface area is 107 Å². The molecule has 5 heteroatoms. The molecule has 0 aliphatic rings. The lowest BCUT2D eigenvalue weighted by atomic mass is 9.98. The molecule has 19 heavy (non-hydrogen) atoms. The lowest BCUT2D eigenvalue weighted by molar-refractivity contribution is -0.137. The first-order chi connectivity index (χ1) is 8.79. The molecule has 2 aromatic carbocycles. The molecule has 0 heterocycles. The molecule has 0 unspecified atom stereocenters. The van der Waals surface area contributed by atoms with Crippen molar-refractivity contribution >= 4 is 0 Å². The Bertz CT molecular complexity index is 617. The number of benzene rings is 2. The lowest BCUT2D eigenvalue weighted by Crippen LogP contribution is -2.05. The first-order valence-corrected chi connectivity index (χ1v) is 5.46. The Kier molecular flexibility index (Phi) is 3.22. The van der Waals surface area contributed by atoms with Crippen molar-refractivity contribution in [2.75, 3.05) is 0 Å². The van der Waals surface area contributed by atoms with E-state index in [-0.39, 0.29) is 11.3 Å². The van der Waals surface area contributed by atoms with Crippen molar-refractivity contribution in [2.24, 2.45) is 0 Å². The average molecular weight is 270 g/mol. The number of hydrogen-bond acceptors (Lipinski definition) is 1. The molecule has 0 saturated carbocycles. The van der Waals surface area contributed by atoms with Gasteiger partial charge in [0.05, 0.1) is 5.56 Å². The van der Waals surface area contributed by atoms with Crippen molar-refractivity contribution in [1.82, 2.24) is 0 Å². The summed E-state index contributed by atoms with van der Waals surface area (Å²) < 4.78 is 51.2. The van der Waals surface area contributed by atoms with E-state index in [1.165, 1.54) is 25.1 Å². The van der Waals surface area contributed by atoms with Crippen LogP contribution in [0.3, 0.4) is 0 Å². The minimum atomic E-state index is -4.42. The summed E-state index contributed by atoms with van der Waals surface area (Å²) in [5, 5.41) is 9.12. The molecule has 0 aliphatic heterocycles. The first kappa shape index (κ1) is 13.4. The lowest BCUT2D eigenvalue weighted by Gasteiger charge is -2.12. The number of hydrogen-bond donors (Lipinski definition) is 1. The van der Waals surface area contributed by atoms with E-state index in [1.54, 1.807) is 0 Å². The summed E-state index contributed by atoms with van der Waals surface area (Å²) in [7, 11) is 0. The van der Waals surface area contributed by atoms with Crippen molar-refractivity contribution in [3.63, 3.8) is 0 Å². The highest BCUT2D eigenvalue weighted by Gasteiger charge is 2.30. The molecule has 0 radical (unpaired) electrons. The van der Waals surface area contributed by atoms with E-state index < -0.39 is 17.6 Å². The van der Waals surface area contributed by atoms with E-state index in [1.807, 2.05) is 0 Å². The molecule has 0 bridgehead atoms. The number of alkyl halides is 3. The van der Waals surface area contributed by atoms with Gasteiger partial charge in [0.2, 0.25) is 0 Å². The van der Waals surface area contributed by atoms with Crippen LogP contribution in [0.5, 0.6) is 5.75 Å². The molecular formula is C14H10F4O. The van der Waals surface area contributed by atoms with Gasteiger partial charge in [-0.2, -0.15) is 13.2 Å². The fourth-order valence-electron chi connectivity index (χ4n) is 1.86. The molecule has 0 saturated heterocycles. The Morgan fingerprint density at radius 3 is 2.11 bits per heavy atom. The third-order valence-electron chi connectivity index (χ3n) is 2.80. The molecule has 0 fully saturated rings. The van der Waals surface area contributed by atoms with E-state index >= 15 is 0 Å². The maximum absolute atomic E-state index is 13.7. The standard InChI is InChI=1S/C14H10F4O/c1-8-6-9(14(16,17)18)2-4-11(8)12-5-3-10(19)7-13(12)15/h2-7,19H,1H3. The van der Waals surface area contributed by atoms with Gasteiger partial charge in [-0.3, -0.25) is 0 Å². The number of rotatable bonds is 1. The maximum Gasteiger partial charge on any atom is 0.416 e. The normalized spacial score (nSPS) is 11.6. The largest absolute Gasteiger partial charge is 0.508 e. The number of aromatic hydroxyl groups is 1. The number of halogens is 4. The molecule has 100 valence electrons. The molecular weight excluding hydrogens is 260 g/mol. The van der Waals surface area contributed by atoms with Gasteiger partial charge in [0.15, 0.2) is 0 Å². The fourth-order valence-corrected chi connectivity index (χ4v) is 1.86. The van der Waals surface area contributed by atoms with Gasteiger partial charge in [-0.05, 0) is 42.3 Å². The van der Waals surface area contributed by atoms with Crippen LogP contribution in [-0.4, -0.2) is 5.11 Å². The highest BCUT2D eigenvalue weighted by molar-refractivity contribution is 5.69. The van der Waals surface area contributed by atoms with E-state index in [0.717, 1.165) is 18.2 Å². The topological polar surface area (TPSA) is 20.2 Å². The Balaban J connectivity index is 2.52. The molecule has 0 spiro atoms. The van der Waals surface area contributed by atoms with Crippen LogP contribution in [0.25, 0.3) is 11.1 Å². The first-order valence-electron chi connectivity index (χ1n) is 5.46. The molecule has 2 rings (SSSR count).